The Balaban J connectivity index is 2.33. The van der Waals surface area contributed by atoms with Crippen molar-refractivity contribution in [3.8, 4) is 17.2 Å². The average molecular weight is 418 g/mol. The van der Waals surface area contributed by atoms with Crippen LogP contribution in [-0.4, -0.2) is 27.0 Å². The number of aromatic amines is 1. The molecule has 0 saturated carbocycles. The SMILES string of the molecule is COc1cnn(-c2c(O)c3cc(I)c(Cl)cc3[nH]c2=O)c1. The van der Waals surface area contributed by atoms with Crippen LogP contribution >= 0.6 is 34.2 Å². The molecule has 0 unspecified atom stereocenters. The van der Waals surface area contributed by atoms with Gasteiger partial charge in [-0.05, 0) is 34.7 Å². The number of ether oxygens (including phenoxy) is 1. The van der Waals surface area contributed by atoms with Crippen LogP contribution in [0.15, 0.2) is 29.3 Å². The van der Waals surface area contributed by atoms with Gasteiger partial charge in [0.25, 0.3) is 5.56 Å². The van der Waals surface area contributed by atoms with E-state index in [2.05, 4.69) is 32.7 Å². The lowest BCUT2D eigenvalue weighted by molar-refractivity contribution is 0.414. The van der Waals surface area contributed by atoms with Crippen molar-refractivity contribution in [2.75, 3.05) is 7.11 Å². The molecule has 0 fully saturated rings. The lowest BCUT2D eigenvalue weighted by Gasteiger charge is -2.08. The number of nitrogens with one attached hydrogen (secondary N) is 1. The number of aromatic hydroxyl groups is 1. The van der Waals surface area contributed by atoms with E-state index in [1.807, 2.05) is 0 Å². The van der Waals surface area contributed by atoms with Gasteiger partial charge >= 0.3 is 0 Å². The van der Waals surface area contributed by atoms with Gasteiger partial charge in [-0.25, -0.2) is 4.68 Å². The standard InChI is InChI=1S/C13H9ClIN3O3/c1-21-6-4-16-18(5-6)11-12(19)7-2-9(15)8(14)3-10(7)17-13(11)20/h2-5H,1H3,(H2,17,19,20). The predicted octanol–water partition coefficient (Wildman–Crippen LogP) is 2.69. The summed E-state index contributed by atoms with van der Waals surface area (Å²) >= 11 is 8.08. The van der Waals surface area contributed by atoms with Crippen molar-refractivity contribution in [1.82, 2.24) is 14.8 Å². The molecule has 0 radical (unpaired) electrons. The summed E-state index contributed by atoms with van der Waals surface area (Å²) in [4.78, 5) is 14.9. The van der Waals surface area contributed by atoms with Crippen LogP contribution in [-0.2, 0) is 0 Å². The van der Waals surface area contributed by atoms with Crippen molar-refractivity contribution in [3.05, 3.63) is 43.5 Å². The number of hydrogen-bond acceptors (Lipinski definition) is 4. The van der Waals surface area contributed by atoms with Crippen LogP contribution in [0.25, 0.3) is 16.6 Å². The number of fused-ring (bicyclic) bond motifs is 1. The third kappa shape index (κ3) is 2.36. The molecule has 8 heteroatoms. The zero-order valence-electron chi connectivity index (χ0n) is 10.7. The molecule has 0 aliphatic carbocycles. The molecular weight excluding hydrogens is 409 g/mol. The summed E-state index contributed by atoms with van der Waals surface area (Å²) in [6.07, 6.45) is 2.96. The summed E-state index contributed by atoms with van der Waals surface area (Å²) in [5.74, 6) is 0.327. The minimum Gasteiger partial charge on any atom is -0.505 e. The highest BCUT2D eigenvalue weighted by atomic mass is 127. The van der Waals surface area contributed by atoms with Gasteiger partial charge in [0.15, 0.2) is 17.2 Å². The second kappa shape index (κ2) is 5.23. The fourth-order valence-electron chi connectivity index (χ4n) is 2.01. The molecule has 0 aliphatic rings. The van der Waals surface area contributed by atoms with Crippen molar-refractivity contribution < 1.29 is 9.84 Å². The maximum Gasteiger partial charge on any atom is 0.278 e. The van der Waals surface area contributed by atoms with Gasteiger partial charge in [-0.1, -0.05) is 11.6 Å². The van der Waals surface area contributed by atoms with Crippen LogP contribution in [0.1, 0.15) is 0 Å². The summed E-state index contributed by atoms with van der Waals surface area (Å²) in [7, 11) is 1.50. The first-order chi connectivity index (χ1) is 10.0. The quantitative estimate of drug-likeness (QED) is 0.628. The molecule has 0 saturated heterocycles. The topological polar surface area (TPSA) is 80.1 Å². The smallest absolute Gasteiger partial charge is 0.278 e. The van der Waals surface area contributed by atoms with E-state index < -0.39 is 5.56 Å². The van der Waals surface area contributed by atoms with Gasteiger partial charge in [0.1, 0.15) is 0 Å². The summed E-state index contributed by atoms with van der Waals surface area (Å²) in [5, 5.41) is 15.4. The van der Waals surface area contributed by atoms with E-state index in [9.17, 15) is 9.90 Å². The molecule has 0 bridgehead atoms. The number of nitrogens with zero attached hydrogens (tertiary/aromatic N) is 2. The van der Waals surface area contributed by atoms with Gasteiger partial charge < -0.3 is 14.8 Å². The third-order valence-electron chi connectivity index (χ3n) is 3.03. The van der Waals surface area contributed by atoms with E-state index in [0.29, 0.717) is 21.7 Å². The van der Waals surface area contributed by atoms with Crippen LogP contribution in [0.3, 0.4) is 0 Å². The Hall–Kier alpha value is -1.74. The van der Waals surface area contributed by atoms with Gasteiger partial charge in [0.2, 0.25) is 0 Å². The van der Waals surface area contributed by atoms with Gasteiger partial charge in [-0.2, -0.15) is 5.10 Å². The van der Waals surface area contributed by atoms with Crippen LogP contribution in [0.2, 0.25) is 5.02 Å². The van der Waals surface area contributed by atoms with Crippen LogP contribution in [0.4, 0.5) is 0 Å². The van der Waals surface area contributed by atoms with Crippen LogP contribution in [0, 0.1) is 3.57 Å². The molecule has 108 valence electrons. The Morgan fingerprint density at radius 3 is 2.90 bits per heavy atom. The molecule has 0 aliphatic heterocycles. The molecule has 0 spiro atoms. The normalized spacial score (nSPS) is 11.0. The lowest BCUT2D eigenvalue weighted by atomic mass is 10.2. The molecule has 6 nitrogen and oxygen atoms in total. The number of benzene rings is 1. The number of H-pyrrole nitrogens is 1. The highest BCUT2D eigenvalue weighted by Crippen LogP contribution is 2.32. The van der Waals surface area contributed by atoms with Crippen molar-refractivity contribution in [2.45, 2.75) is 0 Å². The highest BCUT2D eigenvalue weighted by molar-refractivity contribution is 14.1. The Kier molecular flexibility index (Phi) is 3.54. The second-order valence-corrected chi connectivity index (χ2v) is 5.86. The molecule has 21 heavy (non-hydrogen) atoms. The Bertz CT molecular complexity index is 904. The third-order valence-corrected chi connectivity index (χ3v) is 4.55. The summed E-state index contributed by atoms with van der Waals surface area (Å²) in [6.45, 7) is 0. The van der Waals surface area contributed by atoms with Gasteiger partial charge in [-0.3, -0.25) is 4.79 Å². The first-order valence-electron chi connectivity index (χ1n) is 5.84. The van der Waals surface area contributed by atoms with Gasteiger partial charge in [0, 0.05) is 8.96 Å². The van der Waals surface area contributed by atoms with Crippen LogP contribution < -0.4 is 10.3 Å². The molecule has 0 atom stereocenters. The summed E-state index contributed by atoms with van der Waals surface area (Å²) in [6, 6.07) is 3.31. The van der Waals surface area contributed by atoms with E-state index in [0.717, 1.165) is 3.57 Å². The van der Waals surface area contributed by atoms with Crippen LogP contribution in [0.5, 0.6) is 11.5 Å². The van der Waals surface area contributed by atoms with Gasteiger partial charge in [0.05, 0.1) is 30.0 Å². The van der Waals surface area contributed by atoms with E-state index in [4.69, 9.17) is 16.3 Å². The van der Waals surface area contributed by atoms with Gasteiger partial charge in [-0.15, -0.1) is 0 Å². The maximum absolute atomic E-state index is 12.2. The van der Waals surface area contributed by atoms with Crippen molar-refractivity contribution in [3.63, 3.8) is 0 Å². The largest absolute Gasteiger partial charge is 0.505 e. The van der Waals surface area contributed by atoms with Crippen molar-refractivity contribution in [1.29, 1.82) is 0 Å². The average Bonchev–Trinajstić information content (AvgIpc) is 2.90. The number of halogens is 2. The summed E-state index contributed by atoms with van der Waals surface area (Å²) < 4.78 is 7.07. The molecular formula is C13H9ClIN3O3. The first-order valence-corrected chi connectivity index (χ1v) is 7.30. The van der Waals surface area contributed by atoms with Crippen molar-refractivity contribution in [2.24, 2.45) is 0 Å². The highest BCUT2D eigenvalue weighted by Gasteiger charge is 2.16. The van der Waals surface area contributed by atoms with E-state index >= 15 is 0 Å². The predicted molar refractivity (Wildman–Crippen MR) is 87.6 cm³/mol. The first kappa shape index (κ1) is 14.2. The molecule has 1 aromatic carbocycles. The minimum atomic E-state index is -0.469. The van der Waals surface area contributed by atoms with E-state index in [1.54, 1.807) is 12.1 Å². The van der Waals surface area contributed by atoms with E-state index in [1.165, 1.54) is 24.2 Å². The molecule has 2 aromatic heterocycles. The monoisotopic (exact) mass is 417 g/mol. The number of methoxy groups -OCH3 is 1. The zero-order valence-corrected chi connectivity index (χ0v) is 13.6. The molecule has 3 rings (SSSR count). The molecule has 2 heterocycles. The Morgan fingerprint density at radius 2 is 2.24 bits per heavy atom. The fraction of sp³-hybridized carbons (Fsp3) is 0.0769. The summed E-state index contributed by atoms with van der Waals surface area (Å²) in [5.41, 5.74) is 0.0257. The van der Waals surface area contributed by atoms with Crippen molar-refractivity contribution >= 4 is 45.1 Å². The fourth-order valence-corrected chi connectivity index (χ4v) is 2.64. The molecule has 3 aromatic rings. The maximum atomic E-state index is 12.2. The number of rotatable bonds is 2. The lowest BCUT2D eigenvalue weighted by Crippen LogP contribution is -2.15. The molecule has 0 amide bonds. The minimum absolute atomic E-state index is 0.0314. The second-order valence-electron chi connectivity index (χ2n) is 4.29. The van der Waals surface area contributed by atoms with E-state index in [-0.39, 0.29) is 11.4 Å². The molecule has 2 N–H and O–H groups in total. The Morgan fingerprint density at radius 1 is 1.48 bits per heavy atom. The number of aromatic nitrogens is 3. The number of pyridine rings is 1. The number of hydrogen-bond donors (Lipinski definition) is 2. The zero-order chi connectivity index (χ0) is 15.1. The Labute approximate surface area is 137 Å².